The molecule has 1 amide bonds. The molecule has 0 bridgehead atoms. The Morgan fingerprint density at radius 2 is 1.81 bits per heavy atom. The average molecular weight is 500 g/mol. The summed E-state index contributed by atoms with van der Waals surface area (Å²) >= 11 is 3.48. The number of hydrogen-bond acceptors (Lipinski definition) is 6. The second kappa shape index (κ2) is 9.85. The molecule has 4 rings (SSSR count). The highest BCUT2D eigenvalue weighted by Gasteiger charge is 2.23. The van der Waals surface area contributed by atoms with E-state index in [-0.39, 0.29) is 24.0 Å². The minimum absolute atomic E-state index is 0.0404. The van der Waals surface area contributed by atoms with Crippen LogP contribution in [-0.4, -0.2) is 37.5 Å². The maximum atomic E-state index is 11.3. The van der Waals surface area contributed by atoms with E-state index in [1.165, 1.54) is 0 Å². The Morgan fingerprint density at radius 1 is 1.12 bits per heavy atom. The molecular weight excluding hydrogens is 470 g/mol. The van der Waals surface area contributed by atoms with Gasteiger partial charge in [0.05, 0.1) is 6.33 Å². The van der Waals surface area contributed by atoms with E-state index in [1.807, 2.05) is 18.5 Å². The Balaban J connectivity index is 1.53. The molecule has 0 unspecified atom stereocenters. The molecular formula is C23H30BrN7O. The highest BCUT2D eigenvalue weighted by Crippen LogP contribution is 2.26. The van der Waals surface area contributed by atoms with Gasteiger partial charge >= 0.3 is 0 Å². The van der Waals surface area contributed by atoms with E-state index in [4.69, 9.17) is 9.97 Å². The van der Waals surface area contributed by atoms with Crippen molar-refractivity contribution >= 4 is 44.8 Å². The molecule has 0 atom stereocenters. The van der Waals surface area contributed by atoms with Gasteiger partial charge in [0.15, 0.2) is 17.0 Å². The SMILES string of the molecule is CC(=O)NC1CCC(Nc2nc(NCc3ccc(Br)cc3)c3ncn(C(C)C)c3n2)CC1. The lowest BCUT2D eigenvalue weighted by atomic mass is 9.91. The van der Waals surface area contributed by atoms with Gasteiger partial charge in [-0.1, -0.05) is 28.1 Å². The summed E-state index contributed by atoms with van der Waals surface area (Å²) in [6.07, 6.45) is 5.68. The van der Waals surface area contributed by atoms with E-state index in [1.54, 1.807) is 6.92 Å². The molecule has 1 fully saturated rings. The smallest absolute Gasteiger partial charge is 0.227 e. The third-order valence-corrected chi connectivity index (χ3v) is 6.35. The van der Waals surface area contributed by atoms with E-state index in [0.29, 0.717) is 12.5 Å². The summed E-state index contributed by atoms with van der Waals surface area (Å²) in [6.45, 7) is 6.46. The molecule has 1 aromatic carbocycles. The second-order valence-electron chi connectivity index (χ2n) is 8.69. The van der Waals surface area contributed by atoms with Crippen molar-refractivity contribution in [1.29, 1.82) is 0 Å². The predicted octanol–water partition coefficient (Wildman–Crippen LogP) is 4.64. The van der Waals surface area contributed by atoms with Crippen LogP contribution in [0.25, 0.3) is 11.2 Å². The molecule has 2 heterocycles. The summed E-state index contributed by atoms with van der Waals surface area (Å²) in [4.78, 5) is 25.5. The number of carbonyl (C=O) groups excluding carboxylic acids is 1. The lowest BCUT2D eigenvalue weighted by molar-refractivity contribution is -0.119. The maximum Gasteiger partial charge on any atom is 0.227 e. The molecule has 9 heteroatoms. The van der Waals surface area contributed by atoms with Crippen molar-refractivity contribution in [3.05, 3.63) is 40.6 Å². The van der Waals surface area contributed by atoms with Gasteiger partial charge in [0.25, 0.3) is 0 Å². The minimum Gasteiger partial charge on any atom is -0.364 e. The molecule has 170 valence electrons. The molecule has 8 nitrogen and oxygen atoms in total. The molecule has 32 heavy (non-hydrogen) atoms. The van der Waals surface area contributed by atoms with Crippen molar-refractivity contribution < 1.29 is 4.79 Å². The molecule has 2 aromatic heterocycles. The predicted molar refractivity (Wildman–Crippen MR) is 131 cm³/mol. The number of nitrogens with one attached hydrogen (secondary N) is 3. The quantitative estimate of drug-likeness (QED) is 0.438. The Hall–Kier alpha value is -2.68. The monoisotopic (exact) mass is 499 g/mol. The zero-order valence-electron chi connectivity index (χ0n) is 18.7. The van der Waals surface area contributed by atoms with Crippen LogP contribution in [0.5, 0.6) is 0 Å². The van der Waals surface area contributed by atoms with Crippen LogP contribution in [-0.2, 0) is 11.3 Å². The van der Waals surface area contributed by atoms with Crippen LogP contribution in [0, 0.1) is 0 Å². The molecule has 1 aliphatic carbocycles. The van der Waals surface area contributed by atoms with E-state index in [2.05, 4.69) is 67.4 Å². The number of benzene rings is 1. The van der Waals surface area contributed by atoms with Gasteiger partial charge in [-0.2, -0.15) is 9.97 Å². The maximum absolute atomic E-state index is 11.3. The van der Waals surface area contributed by atoms with Crippen molar-refractivity contribution in [3.8, 4) is 0 Å². The van der Waals surface area contributed by atoms with Gasteiger partial charge in [-0.05, 0) is 57.2 Å². The number of hydrogen-bond donors (Lipinski definition) is 3. The first-order valence-electron chi connectivity index (χ1n) is 11.2. The summed E-state index contributed by atoms with van der Waals surface area (Å²) in [5, 5.41) is 10.0. The number of fused-ring (bicyclic) bond motifs is 1. The van der Waals surface area contributed by atoms with E-state index in [9.17, 15) is 4.79 Å². The number of carbonyl (C=O) groups is 1. The topological polar surface area (TPSA) is 96.8 Å². The summed E-state index contributed by atoms with van der Waals surface area (Å²) in [5.41, 5.74) is 2.76. The van der Waals surface area contributed by atoms with Crippen molar-refractivity contribution in [3.63, 3.8) is 0 Å². The first kappa shape index (κ1) is 22.5. The zero-order valence-corrected chi connectivity index (χ0v) is 20.3. The number of halogens is 1. The van der Waals surface area contributed by atoms with Crippen LogP contribution in [0.1, 0.15) is 58.1 Å². The summed E-state index contributed by atoms with van der Waals surface area (Å²) in [6, 6.07) is 9.01. The summed E-state index contributed by atoms with van der Waals surface area (Å²) < 4.78 is 3.13. The molecule has 3 N–H and O–H groups in total. The van der Waals surface area contributed by atoms with Gasteiger partial charge in [0.2, 0.25) is 11.9 Å². The number of rotatable bonds is 7. The first-order valence-corrected chi connectivity index (χ1v) is 11.9. The van der Waals surface area contributed by atoms with E-state index >= 15 is 0 Å². The lowest BCUT2D eigenvalue weighted by Gasteiger charge is -2.29. The van der Waals surface area contributed by atoms with Crippen LogP contribution in [0.15, 0.2) is 35.1 Å². The van der Waals surface area contributed by atoms with Crippen molar-refractivity contribution in [1.82, 2.24) is 24.8 Å². The third-order valence-electron chi connectivity index (χ3n) is 5.82. The molecule has 3 aromatic rings. The summed E-state index contributed by atoms with van der Waals surface area (Å²) in [5.74, 6) is 1.38. The highest BCUT2D eigenvalue weighted by atomic mass is 79.9. The van der Waals surface area contributed by atoms with Crippen LogP contribution >= 0.6 is 15.9 Å². The minimum atomic E-state index is 0.0404. The molecule has 0 saturated heterocycles. The number of imidazole rings is 1. The van der Waals surface area contributed by atoms with E-state index in [0.717, 1.165) is 52.7 Å². The number of nitrogens with zero attached hydrogens (tertiary/aromatic N) is 4. The van der Waals surface area contributed by atoms with Crippen molar-refractivity contribution in [2.45, 2.75) is 71.1 Å². The number of amides is 1. The lowest BCUT2D eigenvalue weighted by Crippen LogP contribution is -2.39. The van der Waals surface area contributed by atoms with E-state index < -0.39 is 0 Å². The molecule has 0 radical (unpaired) electrons. The largest absolute Gasteiger partial charge is 0.364 e. The van der Waals surface area contributed by atoms with Crippen LogP contribution in [0.2, 0.25) is 0 Å². The first-order chi connectivity index (χ1) is 15.4. The molecule has 0 spiro atoms. The fourth-order valence-electron chi connectivity index (χ4n) is 4.12. The van der Waals surface area contributed by atoms with Gasteiger partial charge in [-0.3, -0.25) is 4.79 Å². The number of anilines is 2. The third kappa shape index (κ3) is 5.38. The average Bonchev–Trinajstić information content (AvgIpc) is 3.19. The van der Waals surface area contributed by atoms with Gasteiger partial charge in [-0.25, -0.2) is 4.98 Å². The van der Waals surface area contributed by atoms with Gasteiger partial charge < -0.3 is 20.5 Å². The Kier molecular flexibility index (Phi) is 6.93. The summed E-state index contributed by atoms with van der Waals surface area (Å²) in [7, 11) is 0. The van der Waals surface area contributed by atoms with Crippen LogP contribution < -0.4 is 16.0 Å². The van der Waals surface area contributed by atoms with Crippen LogP contribution in [0.4, 0.5) is 11.8 Å². The Bertz CT molecular complexity index is 1070. The zero-order chi connectivity index (χ0) is 22.7. The normalized spacial score (nSPS) is 18.7. The van der Waals surface area contributed by atoms with Gasteiger partial charge in [0.1, 0.15) is 0 Å². The van der Waals surface area contributed by atoms with Crippen LogP contribution in [0.3, 0.4) is 0 Å². The molecule has 1 aliphatic rings. The van der Waals surface area contributed by atoms with Crippen molar-refractivity contribution in [2.75, 3.05) is 10.6 Å². The standard InChI is InChI=1S/C23H30BrN7O/c1-14(2)31-13-26-20-21(25-12-16-4-6-17(24)7-5-16)29-23(30-22(20)31)28-19-10-8-18(9-11-19)27-15(3)32/h4-7,13-14,18-19H,8-12H2,1-3H3,(H,27,32)(H2,25,28,29,30). The van der Waals surface area contributed by atoms with Gasteiger partial charge in [-0.15, -0.1) is 0 Å². The highest BCUT2D eigenvalue weighted by molar-refractivity contribution is 9.10. The fourth-order valence-corrected chi connectivity index (χ4v) is 4.39. The fraction of sp³-hybridized carbons (Fsp3) is 0.478. The number of aromatic nitrogens is 4. The Labute approximate surface area is 196 Å². The Morgan fingerprint density at radius 3 is 2.47 bits per heavy atom. The molecule has 0 aliphatic heterocycles. The second-order valence-corrected chi connectivity index (χ2v) is 9.60. The van der Waals surface area contributed by atoms with Crippen molar-refractivity contribution in [2.24, 2.45) is 0 Å². The van der Waals surface area contributed by atoms with Gasteiger partial charge in [0, 0.05) is 36.1 Å². The molecule has 1 saturated carbocycles.